The van der Waals surface area contributed by atoms with Crippen LogP contribution in [0.25, 0.3) is 120 Å². The number of para-hydroxylation sites is 1. The summed E-state index contributed by atoms with van der Waals surface area (Å²) in [5.74, 6) is 0.302. The molecule has 3 heteroatoms. The Balaban J connectivity index is 0.926. The van der Waals surface area contributed by atoms with E-state index in [1.807, 2.05) is 11.3 Å². The van der Waals surface area contributed by atoms with Gasteiger partial charge in [-0.25, -0.2) is 0 Å². The molecule has 3 heterocycles. The summed E-state index contributed by atoms with van der Waals surface area (Å²) in [6, 6.07) is 87.5. The van der Waals surface area contributed by atoms with Crippen molar-refractivity contribution in [1.82, 2.24) is 9.13 Å². The van der Waals surface area contributed by atoms with E-state index in [0.29, 0.717) is 5.92 Å². The smallest absolute Gasteiger partial charge is 0.0541 e. The summed E-state index contributed by atoms with van der Waals surface area (Å²) in [6.45, 7) is 2.41. The highest BCUT2D eigenvalue weighted by Crippen LogP contribution is 2.45. The first kappa shape index (κ1) is 40.6. The molecule has 0 spiro atoms. The average molecular weight is 911 g/mol. The Hall–Kier alpha value is -8.50. The zero-order valence-corrected chi connectivity index (χ0v) is 39.5. The van der Waals surface area contributed by atoms with Crippen molar-refractivity contribution in [3.05, 3.63) is 253 Å². The summed E-state index contributed by atoms with van der Waals surface area (Å²) in [4.78, 5) is 0. The second kappa shape index (κ2) is 16.3. The van der Waals surface area contributed by atoms with Gasteiger partial charge < -0.3 is 9.13 Å². The van der Waals surface area contributed by atoms with Gasteiger partial charge in [0, 0.05) is 59.0 Å². The molecule has 0 saturated heterocycles. The highest BCUT2D eigenvalue weighted by molar-refractivity contribution is 7.25. The van der Waals surface area contributed by atoms with E-state index in [-0.39, 0.29) is 0 Å². The number of benzene rings is 10. The molecule has 0 saturated carbocycles. The lowest BCUT2D eigenvalue weighted by Crippen LogP contribution is -2.12. The second-order valence-corrected chi connectivity index (χ2v) is 20.0. The minimum Gasteiger partial charge on any atom is -0.313 e. The van der Waals surface area contributed by atoms with Crippen LogP contribution in [0.2, 0.25) is 0 Å². The first-order valence-electron chi connectivity index (χ1n) is 24.4. The number of rotatable bonds is 7. The number of hydrogen-bond donors (Lipinski definition) is 0. The third-order valence-corrected chi connectivity index (χ3v) is 15.9. The van der Waals surface area contributed by atoms with Crippen molar-refractivity contribution in [3.63, 3.8) is 0 Å². The minimum absolute atomic E-state index is 0.302. The third-order valence-electron chi connectivity index (χ3n) is 14.8. The lowest BCUT2D eigenvalue weighted by Gasteiger charge is -2.24. The SMILES string of the molecule is CC1Cc2c(c3ccccc3n2-c2ccc3sc4ccccc4c3c2)C=C1c1ccc2c(c1)c1cc(-c3ccccc3)ccc1n2-c1cccc(-c2cc(-c3ccccc3)cc(-c3ccccc3)c2)c1. The van der Waals surface area contributed by atoms with Crippen molar-refractivity contribution >= 4 is 75.9 Å². The number of fused-ring (bicyclic) bond motifs is 9. The third kappa shape index (κ3) is 6.69. The molecule has 0 N–H and O–H groups in total. The van der Waals surface area contributed by atoms with Crippen molar-refractivity contribution < 1.29 is 0 Å². The van der Waals surface area contributed by atoms with Gasteiger partial charge in [-0.05, 0) is 159 Å². The molecule has 0 bridgehead atoms. The van der Waals surface area contributed by atoms with Crippen LogP contribution in [0.15, 0.2) is 237 Å². The quantitative estimate of drug-likeness (QED) is 0.151. The van der Waals surface area contributed by atoms with Crippen molar-refractivity contribution in [1.29, 1.82) is 0 Å². The fourth-order valence-corrected chi connectivity index (χ4v) is 12.5. The molecule has 330 valence electrons. The Kier molecular flexibility index (Phi) is 9.47. The van der Waals surface area contributed by atoms with Crippen LogP contribution in [0.1, 0.15) is 23.7 Å². The molecule has 0 aliphatic heterocycles. The molecule has 0 fully saturated rings. The van der Waals surface area contributed by atoms with E-state index in [2.05, 4.69) is 259 Å². The van der Waals surface area contributed by atoms with E-state index in [1.165, 1.54) is 125 Å². The molecular weight excluding hydrogens is 865 g/mol. The molecule has 1 aliphatic rings. The van der Waals surface area contributed by atoms with Crippen molar-refractivity contribution in [2.75, 3.05) is 0 Å². The fourth-order valence-electron chi connectivity index (χ4n) is 11.4. The molecule has 0 radical (unpaired) electrons. The van der Waals surface area contributed by atoms with E-state index in [1.54, 1.807) is 0 Å². The van der Waals surface area contributed by atoms with E-state index < -0.39 is 0 Å². The van der Waals surface area contributed by atoms with Crippen LogP contribution in [0.3, 0.4) is 0 Å². The molecule has 13 aromatic rings. The van der Waals surface area contributed by atoms with Gasteiger partial charge in [0.05, 0.1) is 16.6 Å². The predicted molar refractivity (Wildman–Crippen MR) is 299 cm³/mol. The van der Waals surface area contributed by atoms with E-state index in [9.17, 15) is 0 Å². The van der Waals surface area contributed by atoms with Crippen LogP contribution in [-0.2, 0) is 6.42 Å². The molecule has 1 atom stereocenters. The average Bonchev–Trinajstić information content (AvgIpc) is 4.07. The van der Waals surface area contributed by atoms with E-state index in [0.717, 1.165) is 12.1 Å². The van der Waals surface area contributed by atoms with Crippen LogP contribution in [-0.4, -0.2) is 9.13 Å². The number of nitrogens with zero attached hydrogens (tertiary/aromatic N) is 2. The lowest BCUT2D eigenvalue weighted by atomic mass is 9.83. The summed E-state index contributed by atoms with van der Waals surface area (Å²) >= 11 is 1.88. The van der Waals surface area contributed by atoms with Crippen molar-refractivity contribution in [3.8, 4) is 55.9 Å². The molecule has 1 unspecified atom stereocenters. The lowest BCUT2D eigenvalue weighted by molar-refractivity contribution is 0.708. The molecule has 2 nitrogen and oxygen atoms in total. The summed E-state index contributed by atoms with van der Waals surface area (Å²) in [6.07, 6.45) is 3.45. The monoisotopic (exact) mass is 910 g/mol. The number of allylic oxidation sites excluding steroid dienone is 1. The highest BCUT2D eigenvalue weighted by atomic mass is 32.1. The molecule has 70 heavy (non-hydrogen) atoms. The summed E-state index contributed by atoms with van der Waals surface area (Å²) < 4.78 is 7.68. The van der Waals surface area contributed by atoms with Crippen LogP contribution in [0.4, 0.5) is 0 Å². The van der Waals surface area contributed by atoms with Gasteiger partial charge in [0.1, 0.15) is 0 Å². The van der Waals surface area contributed by atoms with Crippen LogP contribution in [0, 0.1) is 5.92 Å². The van der Waals surface area contributed by atoms with Crippen molar-refractivity contribution in [2.45, 2.75) is 13.3 Å². The molecule has 1 aliphatic carbocycles. The Morgan fingerprint density at radius 1 is 0.343 bits per heavy atom. The first-order chi connectivity index (χ1) is 34.6. The van der Waals surface area contributed by atoms with Gasteiger partial charge in [0.2, 0.25) is 0 Å². The van der Waals surface area contributed by atoms with Gasteiger partial charge in [0.25, 0.3) is 0 Å². The molecule has 10 aromatic carbocycles. The van der Waals surface area contributed by atoms with Gasteiger partial charge in [0.15, 0.2) is 0 Å². The van der Waals surface area contributed by atoms with Crippen LogP contribution >= 0.6 is 11.3 Å². The predicted octanol–water partition coefficient (Wildman–Crippen LogP) is 18.5. The van der Waals surface area contributed by atoms with Gasteiger partial charge in [-0.3, -0.25) is 0 Å². The first-order valence-corrected chi connectivity index (χ1v) is 25.2. The molecule has 0 amide bonds. The molecule has 3 aromatic heterocycles. The number of thiophene rings is 1. The molecular formula is C67H46N2S. The maximum absolute atomic E-state index is 2.54. The van der Waals surface area contributed by atoms with Crippen LogP contribution in [0.5, 0.6) is 0 Å². The maximum atomic E-state index is 2.54. The highest BCUT2D eigenvalue weighted by Gasteiger charge is 2.27. The maximum Gasteiger partial charge on any atom is 0.0541 e. The Labute approximate surface area is 411 Å². The zero-order valence-electron chi connectivity index (χ0n) is 38.7. The summed E-state index contributed by atoms with van der Waals surface area (Å²) in [5.41, 5.74) is 21.0. The van der Waals surface area contributed by atoms with E-state index >= 15 is 0 Å². The largest absolute Gasteiger partial charge is 0.313 e. The number of aromatic nitrogens is 2. The topological polar surface area (TPSA) is 9.86 Å². The molecule has 14 rings (SSSR count). The van der Waals surface area contributed by atoms with Gasteiger partial charge in [-0.15, -0.1) is 11.3 Å². The summed E-state index contributed by atoms with van der Waals surface area (Å²) in [7, 11) is 0. The minimum atomic E-state index is 0.302. The van der Waals surface area contributed by atoms with E-state index in [4.69, 9.17) is 0 Å². The zero-order chi connectivity index (χ0) is 46.3. The fraction of sp³-hybridized carbons (Fsp3) is 0.0448. The van der Waals surface area contributed by atoms with Gasteiger partial charge >= 0.3 is 0 Å². The standard InChI is InChI=1S/C67H46N2S/c1-43-34-65-60(55-24-11-13-26-62(55)69(65)54-30-33-67-61(41-54)56-25-12-14-27-66(56)70-67)42-57(43)49-29-32-64-59(40-49)58-39-48(44-16-5-2-6-17-44)28-31-63(58)68(64)53-23-15-22-47(38-53)52-36-50(45-18-7-3-8-19-45)35-51(37-52)46-20-9-4-10-21-46/h2-33,35-43H,34H2,1H3. The summed E-state index contributed by atoms with van der Waals surface area (Å²) in [5, 5.41) is 6.46. The van der Waals surface area contributed by atoms with Crippen LogP contribution < -0.4 is 0 Å². The Bertz CT molecular complexity index is 4150. The normalized spacial score (nSPS) is 13.7. The Morgan fingerprint density at radius 2 is 0.857 bits per heavy atom. The number of hydrogen-bond acceptors (Lipinski definition) is 1. The second-order valence-electron chi connectivity index (χ2n) is 18.9. The Morgan fingerprint density at radius 3 is 1.56 bits per heavy atom. The van der Waals surface area contributed by atoms with Crippen molar-refractivity contribution in [2.24, 2.45) is 5.92 Å². The van der Waals surface area contributed by atoms with Gasteiger partial charge in [-0.1, -0.05) is 159 Å². The van der Waals surface area contributed by atoms with Gasteiger partial charge in [-0.2, -0.15) is 0 Å².